The molecule has 2 unspecified atom stereocenters. The van der Waals surface area contributed by atoms with E-state index in [0.717, 1.165) is 19.3 Å². The molecule has 1 aliphatic carbocycles. The first-order chi connectivity index (χ1) is 10.3. The number of alkyl halides is 3. The summed E-state index contributed by atoms with van der Waals surface area (Å²) in [6.45, 7) is -1.36. The molecule has 3 N–H and O–H groups in total. The van der Waals surface area contributed by atoms with E-state index in [1.807, 2.05) is 0 Å². The van der Waals surface area contributed by atoms with Gasteiger partial charge in [-0.05, 0) is 31.4 Å². The van der Waals surface area contributed by atoms with Crippen molar-refractivity contribution in [2.45, 2.75) is 37.9 Å². The number of ether oxygens (including phenoxy) is 1. The molecule has 0 radical (unpaired) electrons. The third-order valence-electron chi connectivity index (χ3n) is 3.59. The summed E-state index contributed by atoms with van der Waals surface area (Å²) >= 11 is 0. The van der Waals surface area contributed by atoms with Gasteiger partial charge in [0.15, 0.2) is 6.61 Å². The fourth-order valence-electron chi connectivity index (χ4n) is 2.54. The van der Waals surface area contributed by atoms with Crippen LogP contribution in [0.2, 0.25) is 0 Å². The van der Waals surface area contributed by atoms with Crippen molar-refractivity contribution in [3.8, 4) is 5.75 Å². The van der Waals surface area contributed by atoms with Crippen LogP contribution in [0.1, 0.15) is 25.7 Å². The van der Waals surface area contributed by atoms with Crippen LogP contribution in [0.5, 0.6) is 5.75 Å². The Morgan fingerprint density at radius 3 is 2.82 bits per heavy atom. The van der Waals surface area contributed by atoms with Crippen molar-refractivity contribution >= 4 is 11.6 Å². The normalized spacial score (nSPS) is 22.2. The highest BCUT2D eigenvalue weighted by Gasteiger charge is 2.28. The first-order valence-corrected chi connectivity index (χ1v) is 7.19. The van der Waals surface area contributed by atoms with Crippen molar-refractivity contribution in [1.82, 2.24) is 0 Å². The molecule has 1 saturated carbocycles. The lowest BCUT2D eigenvalue weighted by Gasteiger charge is -2.25. The lowest BCUT2D eigenvalue weighted by molar-refractivity contribution is -0.153. The van der Waals surface area contributed by atoms with Crippen molar-refractivity contribution in [3.63, 3.8) is 0 Å². The molecule has 2 rings (SSSR count). The van der Waals surface area contributed by atoms with Crippen LogP contribution in [0.15, 0.2) is 24.3 Å². The zero-order valence-corrected chi connectivity index (χ0v) is 12.0. The number of hydrogen-bond donors (Lipinski definition) is 2. The highest BCUT2D eigenvalue weighted by Crippen LogP contribution is 2.26. The Kier molecular flexibility index (Phi) is 5.28. The van der Waals surface area contributed by atoms with Crippen LogP contribution in [-0.4, -0.2) is 24.7 Å². The first-order valence-electron chi connectivity index (χ1n) is 7.19. The van der Waals surface area contributed by atoms with Crippen molar-refractivity contribution in [2.75, 3.05) is 11.9 Å². The summed E-state index contributed by atoms with van der Waals surface area (Å²) in [4.78, 5) is 12.2. The quantitative estimate of drug-likeness (QED) is 0.897. The second-order valence-corrected chi connectivity index (χ2v) is 5.54. The number of nitrogens with one attached hydrogen (secondary N) is 1. The summed E-state index contributed by atoms with van der Waals surface area (Å²) in [5.41, 5.74) is 6.27. The summed E-state index contributed by atoms with van der Waals surface area (Å²) in [7, 11) is 0. The molecular formula is C15H19F3N2O2. The van der Waals surface area contributed by atoms with Crippen molar-refractivity contribution in [1.29, 1.82) is 0 Å². The number of benzene rings is 1. The minimum atomic E-state index is -4.39. The monoisotopic (exact) mass is 316 g/mol. The zero-order chi connectivity index (χ0) is 16.2. The molecule has 7 heteroatoms. The Morgan fingerprint density at radius 1 is 1.36 bits per heavy atom. The van der Waals surface area contributed by atoms with Crippen molar-refractivity contribution < 1.29 is 22.7 Å². The van der Waals surface area contributed by atoms with Gasteiger partial charge < -0.3 is 15.8 Å². The van der Waals surface area contributed by atoms with Gasteiger partial charge in [0.2, 0.25) is 5.91 Å². The molecule has 1 amide bonds. The van der Waals surface area contributed by atoms with Crippen LogP contribution in [0.4, 0.5) is 18.9 Å². The Labute approximate surface area is 126 Å². The minimum absolute atomic E-state index is 0.0333. The van der Waals surface area contributed by atoms with Crippen LogP contribution in [0.3, 0.4) is 0 Å². The Balaban J connectivity index is 1.93. The number of amides is 1. The van der Waals surface area contributed by atoms with Gasteiger partial charge in [0, 0.05) is 23.7 Å². The van der Waals surface area contributed by atoms with E-state index in [9.17, 15) is 18.0 Å². The topological polar surface area (TPSA) is 64.4 Å². The largest absolute Gasteiger partial charge is 0.484 e. The average molecular weight is 316 g/mol. The van der Waals surface area contributed by atoms with Crippen LogP contribution in [0, 0.1) is 5.92 Å². The molecule has 1 aliphatic rings. The number of carbonyl (C=O) groups excluding carboxylic acids is 1. The first kappa shape index (κ1) is 16.6. The van der Waals surface area contributed by atoms with Crippen LogP contribution in [-0.2, 0) is 4.79 Å². The van der Waals surface area contributed by atoms with E-state index in [2.05, 4.69) is 10.1 Å². The van der Waals surface area contributed by atoms with E-state index < -0.39 is 12.8 Å². The maximum absolute atomic E-state index is 12.2. The molecule has 0 saturated heterocycles. The molecule has 2 atom stereocenters. The second-order valence-electron chi connectivity index (χ2n) is 5.54. The highest BCUT2D eigenvalue weighted by atomic mass is 19.4. The van der Waals surface area contributed by atoms with E-state index in [4.69, 9.17) is 5.73 Å². The predicted octanol–water partition coefficient (Wildman–Crippen LogP) is 3.08. The fraction of sp³-hybridized carbons (Fsp3) is 0.533. The molecule has 1 aromatic rings. The molecule has 1 aromatic carbocycles. The van der Waals surface area contributed by atoms with Gasteiger partial charge in [0.1, 0.15) is 5.75 Å². The van der Waals surface area contributed by atoms with E-state index >= 15 is 0 Å². The maximum atomic E-state index is 12.2. The lowest BCUT2D eigenvalue weighted by Crippen LogP contribution is -2.34. The molecule has 0 spiro atoms. The van der Waals surface area contributed by atoms with Gasteiger partial charge >= 0.3 is 6.18 Å². The van der Waals surface area contributed by atoms with Gasteiger partial charge in [-0.15, -0.1) is 0 Å². The number of rotatable bonds is 4. The van der Waals surface area contributed by atoms with Crippen molar-refractivity contribution in [2.24, 2.45) is 11.7 Å². The molecule has 4 nitrogen and oxygen atoms in total. The third-order valence-corrected chi connectivity index (χ3v) is 3.59. The summed E-state index contributed by atoms with van der Waals surface area (Å²) in [6, 6.07) is 5.98. The van der Waals surface area contributed by atoms with Crippen LogP contribution >= 0.6 is 0 Å². The SMILES string of the molecule is NC1CCCC(C(=O)Nc2cccc(OCC(F)(F)F)c2)C1. The average Bonchev–Trinajstić information content (AvgIpc) is 2.45. The Hall–Kier alpha value is -1.76. The number of anilines is 1. The Morgan fingerprint density at radius 2 is 2.14 bits per heavy atom. The molecule has 122 valence electrons. The minimum Gasteiger partial charge on any atom is -0.484 e. The maximum Gasteiger partial charge on any atom is 0.422 e. The summed E-state index contributed by atoms with van der Waals surface area (Å²) < 4.78 is 41.0. The molecule has 1 fully saturated rings. The smallest absolute Gasteiger partial charge is 0.422 e. The van der Waals surface area contributed by atoms with Crippen molar-refractivity contribution in [3.05, 3.63) is 24.3 Å². The van der Waals surface area contributed by atoms with Crippen LogP contribution in [0.25, 0.3) is 0 Å². The molecular weight excluding hydrogens is 297 g/mol. The number of carbonyl (C=O) groups is 1. The van der Waals surface area contributed by atoms with Gasteiger partial charge in [-0.2, -0.15) is 13.2 Å². The third kappa shape index (κ3) is 5.22. The second kappa shape index (κ2) is 7.00. The van der Waals surface area contributed by atoms with Gasteiger partial charge in [-0.1, -0.05) is 12.5 Å². The molecule has 0 aliphatic heterocycles. The van der Waals surface area contributed by atoms with E-state index in [1.165, 1.54) is 18.2 Å². The van der Waals surface area contributed by atoms with E-state index in [0.29, 0.717) is 12.1 Å². The summed E-state index contributed by atoms with van der Waals surface area (Å²) in [5, 5.41) is 2.71. The van der Waals surface area contributed by atoms with E-state index in [-0.39, 0.29) is 23.6 Å². The van der Waals surface area contributed by atoms with Crippen LogP contribution < -0.4 is 15.8 Å². The number of halogens is 3. The Bertz CT molecular complexity index is 520. The summed E-state index contributed by atoms with van der Waals surface area (Å²) in [5.74, 6) is -0.234. The van der Waals surface area contributed by atoms with Gasteiger partial charge in [0.25, 0.3) is 0 Å². The molecule has 0 aromatic heterocycles. The molecule has 0 bridgehead atoms. The van der Waals surface area contributed by atoms with Gasteiger partial charge in [0.05, 0.1) is 0 Å². The zero-order valence-electron chi connectivity index (χ0n) is 12.0. The molecule has 0 heterocycles. The fourth-order valence-corrected chi connectivity index (χ4v) is 2.54. The number of hydrogen-bond acceptors (Lipinski definition) is 3. The highest BCUT2D eigenvalue weighted by molar-refractivity contribution is 5.92. The predicted molar refractivity (Wildman–Crippen MR) is 76.6 cm³/mol. The lowest BCUT2D eigenvalue weighted by atomic mass is 9.85. The standard InChI is InChI=1S/C15H19F3N2O2/c16-15(17,18)9-22-13-6-2-5-12(8-13)20-14(21)10-3-1-4-11(19)7-10/h2,5-6,8,10-11H,1,3-4,7,9,19H2,(H,20,21). The van der Waals surface area contributed by atoms with Gasteiger partial charge in [-0.3, -0.25) is 4.79 Å². The number of nitrogens with two attached hydrogens (primary N) is 1. The summed E-state index contributed by atoms with van der Waals surface area (Å²) in [6.07, 6.45) is -1.14. The molecule has 22 heavy (non-hydrogen) atoms. The van der Waals surface area contributed by atoms with E-state index in [1.54, 1.807) is 6.07 Å². The van der Waals surface area contributed by atoms with Gasteiger partial charge in [-0.25, -0.2) is 0 Å².